The molecule has 0 fully saturated rings. The highest BCUT2D eigenvalue weighted by molar-refractivity contribution is 7.20. The first-order chi connectivity index (χ1) is 11.6. The van der Waals surface area contributed by atoms with E-state index in [2.05, 4.69) is 4.98 Å². The number of carboxylic acids is 1. The zero-order valence-corrected chi connectivity index (χ0v) is 14.0. The van der Waals surface area contributed by atoms with Crippen molar-refractivity contribution in [3.8, 4) is 9.88 Å². The summed E-state index contributed by atoms with van der Waals surface area (Å²) >= 11 is 2.99. The number of carboxylic acid groups (broad SMARTS) is 1. The van der Waals surface area contributed by atoms with Gasteiger partial charge in [0, 0.05) is 17.6 Å². The first kappa shape index (κ1) is 15.0. The molecule has 5 nitrogen and oxygen atoms in total. The van der Waals surface area contributed by atoms with Gasteiger partial charge in [-0.2, -0.15) is 0 Å². The molecule has 0 aliphatic carbocycles. The number of para-hydroxylation sites is 1. The van der Waals surface area contributed by atoms with Crippen molar-refractivity contribution < 1.29 is 14.7 Å². The molecule has 0 spiro atoms. The highest BCUT2D eigenvalue weighted by Crippen LogP contribution is 2.37. The number of hydrogen-bond acceptors (Lipinski definition) is 5. The molecular formula is C17H12N2O3S2. The zero-order chi connectivity index (χ0) is 16.7. The molecule has 3 aromatic rings. The van der Waals surface area contributed by atoms with Crippen LogP contribution in [0, 0.1) is 0 Å². The molecule has 1 N–H and O–H groups in total. The van der Waals surface area contributed by atoms with Crippen LogP contribution in [0.25, 0.3) is 9.88 Å². The highest BCUT2D eigenvalue weighted by atomic mass is 32.1. The second-order valence-electron chi connectivity index (χ2n) is 5.38. The molecule has 4 rings (SSSR count). The van der Waals surface area contributed by atoms with Gasteiger partial charge in [-0.05, 0) is 23.1 Å². The number of anilines is 1. The average molecular weight is 356 g/mol. The van der Waals surface area contributed by atoms with Crippen molar-refractivity contribution in [2.24, 2.45) is 0 Å². The van der Waals surface area contributed by atoms with E-state index in [1.54, 1.807) is 34.9 Å². The SMILES string of the molecule is O=C(O)C1CN(C(=O)c2csc(-c3cccs3)n2)c2ccccc21. The fourth-order valence-electron chi connectivity index (χ4n) is 2.83. The van der Waals surface area contributed by atoms with E-state index in [0.29, 0.717) is 16.9 Å². The highest BCUT2D eigenvalue weighted by Gasteiger charge is 2.37. The Morgan fingerprint density at radius 2 is 2.00 bits per heavy atom. The summed E-state index contributed by atoms with van der Waals surface area (Å²) in [4.78, 5) is 31.3. The van der Waals surface area contributed by atoms with Crippen LogP contribution in [0.5, 0.6) is 0 Å². The van der Waals surface area contributed by atoms with Crippen LogP contribution >= 0.6 is 22.7 Å². The van der Waals surface area contributed by atoms with Crippen LogP contribution in [0.1, 0.15) is 22.0 Å². The molecular weight excluding hydrogens is 344 g/mol. The number of fused-ring (bicyclic) bond motifs is 1. The van der Waals surface area contributed by atoms with Crippen molar-refractivity contribution >= 4 is 40.2 Å². The number of amides is 1. The van der Waals surface area contributed by atoms with Gasteiger partial charge in [0.1, 0.15) is 16.6 Å². The lowest BCUT2D eigenvalue weighted by molar-refractivity contribution is -0.138. The summed E-state index contributed by atoms with van der Waals surface area (Å²) in [6, 6.07) is 11.0. The number of thiazole rings is 1. The Morgan fingerprint density at radius 1 is 1.17 bits per heavy atom. The summed E-state index contributed by atoms with van der Waals surface area (Å²) in [6.45, 7) is 0.138. The fourth-order valence-corrected chi connectivity index (χ4v) is 4.44. The number of benzene rings is 1. The number of hydrogen-bond donors (Lipinski definition) is 1. The van der Waals surface area contributed by atoms with Crippen LogP contribution in [0.2, 0.25) is 0 Å². The number of thiophene rings is 1. The maximum absolute atomic E-state index is 12.8. The number of nitrogens with zero attached hydrogens (tertiary/aromatic N) is 2. The molecule has 1 unspecified atom stereocenters. The summed E-state index contributed by atoms with van der Waals surface area (Å²) in [6.07, 6.45) is 0. The molecule has 24 heavy (non-hydrogen) atoms. The molecule has 7 heteroatoms. The molecule has 0 saturated heterocycles. The first-order valence-corrected chi connectivity index (χ1v) is 9.04. The summed E-state index contributed by atoms with van der Waals surface area (Å²) < 4.78 is 0. The monoisotopic (exact) mass is 356 g/mol. The third kappa shape index (κ3) is 2.42. The van der Waals surface area contributed by atoms with Crippen molar-refractivity contribution in [3.05, 3.63) is 58.4 Å². The summed E-state index contributed by atoms with van der Waals surface area (Å²) in [5, 5.41) is 13.9. The molecule has 1 amide bonds. The molecule has 0 radical (unpaired) electrons. The number of carbonyl (C=O) groups excluding carboxylic acids is 1. The third-order valence-electron chi connectivity index (χ3n) is 3.97. The lowest BCUT2D eigenvalue weighted by atomic mass is 10.0. The van der Waals surface area contributed by atoms with Gasteiger partial charge in [0.15, 0.2) is 0 Å². The van der Waals surface area contributed by atoms with Crippen LogP contribution in [-0.4, -0.2) is 28.5 Å². The first-order valence-electron chi connectivity index (χ1n) is 7.28. The minimum absolute atomic E-state index is 0.138. The average Bonchev–Trinajstić information content (AvgIpc) is 3.32. The van der Waals surface area contributed by atoms with E-state index < -0.39 is 11.9 Å². The lowest BCUT2D eigenvalue weighted by Gasteiger charge is -2.15. The second kappa shape index (κ2) is 5.85. The molecule has 0 bridgehead atoms. The van der Waals surface area contributed by atoms with E-state index in [0.717, 1.165) is 9.88 Å². The Bertz CT molecular complexity index is 918. The van der Waals surface area contributed by atoms with Crippen LogP contribution in [0.3, 0.4) is 0 Å². The van der Waals surface area contributed by atoms with Crippen LogP contribution in [0.15, 0.2) is 47.2 Å². The van der Waals surface area contributed by atoms with Gasteiger partial charge in [0.05, 0.1) is 4.88 Å². The fraction of sp³-hybridized carbons (Fsp3) is 0.118. The Morgan fingerprint density at radius 3 is 2.75 bits per heavy atom. The van der Waals surface area contributed by atoms with E-state index in [1.807, 2.05) is 23.6 Å². The number of rotatable bonds is 3. The normalized spacial score (nSPS) is 16.2. The van der Waals surface area contributed by atoms with Gasteiger partial charge in [0.25, 0.3) is 5.91 Å². The smallest absolute Gasteiger partial charge is 0.312 e. The minimum Gasteiger partial charge on any atom is -0.481 e. The maximum Gasteiger partial charge on any atom is 0.312 e. The van der Waals surface area contributed by atoms with Crippen LogP contribution < -0.4 is 4.90 Å². The van der Waals surface area contributed by atoms with Gasteiger partial charge in [-0.25, -0.2) is 4.98 Å². The second-order valence-corrected chi connectivity index (χ2v) is 7.19. The predicted octanol–water partition coefficient (Wildman–Crippen LogP) is 3.70. The zero-order valence-electron chi connectivity index (χ0n) is 12.4. The van der Waals surface area contributed by atoms with Crippen molar-refractivity contribution in [2.45, 2.75) is 5.92 Å². The Balaban J connectivity index is 1.67. The Labute approximate surface area is 145 Å². The maximum atomic E-state index is 12.8. The van der Waals surface area contributed by atoms with E-state index in [-0.39, 0.29) is 12.5 Å². The van der Waals surface area contributed by atoms with Gasteiger partial charge >= 0.3 is 5.97 Å². The number of aliphatic carboxylic acids is 1. The molecule has 1 aromatic carbocycles. The van der Waals surface area contributed by atoms with Gasteiger partial charge in [-0.3, -0.25) is 9.59 Å². The van der Waals surface area contributed by atoms with Crippen molar-refractivity contribution in [2.75, 3.05) is 11.4 Å². The number of carbonyl (C=O) groups is 2. The minimum atomic E-state index is -0.921. The van der Waals surface area contributed by atoms with Crippen LogP contribution in [0.4, 0.5) is 5.69 Å². The summed E-state index contributed by atoms with van der Waals surface area (Å²) in [5.41, 5.74) is 1.68. The summed E-state index contributed by atoms with van der Waals surface area (Å²) in [5.74, 6) is -1.87. The lowest BCUT2D eigenvalue weighted by Crippen LogP contribution is -2.31. The van der Waals surface area contributed by atoms with Gasteiger partial charge in [-0.15, -0.1) is 22.7 Å². The Kier molecular flexibility index (Phi) is 3.66. The molecule has 1 aliphatic heterocycles. The van der Waals surface area contributed by atoms with Gasteiger partial charge in [0.2, 0.25) is 0 Å². The molecule has 0 saturated carbocycles. The largest absolute Gasteiger partial charge is 0.481 e. The van der Waals surface area contributed by atoms with Crippen molar-refractivity contribution in [1.82, 2.24) is 4.98 Å². The molecule has 1 aliphatic rings. The Hall–Kier alpha value is -2.51. The molecule has 3 heterocycles. The van der Waals surface area contributed by atoms with E-state index in [4.69, 9.17) is 0 Å². The van der Waals surface area contributed by atoms with Gasteiger partial charge in [-0.1, -0.05) is 24.3 Å². The topological polar surface area (TPSA) is 70.5 Å². The molecule has 1 atom stereocenters. The van der Waals surface area contributed by atoms with E-state index >= 15 is 0 Å². The standard InChI is InChI=1S/C17H12N2O3S2/c20-16(12-9-24-15(18-12)14-6-3-7-23-14)19-8-11(17(21)22)10-4-1-2-5-13(10)19/h1-7,9,11H,8H2,(H,21,22). The van der Waals surface area contributed by atoms with Gasteiger partial charge < -0.3 is 10.0 Å². The number of aromatic nitrogens is 1. The molecule has 120 valence electrons. The quantitative estimate of drug-likeness (QED) is 0.777. The predicted molar refractivity (Wildman–Crippen MR) is 93.9 cm³/mol. The summed E-state index contributed by atoms with van der Waals surface area (Å²) in [7, 11) is 0. The van der Waals surface area contributed by atoms with Crippen molar-refractivity contribution in [1.29, 1.82) is 0 Å². The van der Waals surface area contributed by atoms with Crippen LogP contribution in [-0.2, 0) is 4.79 Å². The third-order valence-corrected chi connectivity index (χ3v) is 5.85. The van der Waals surface area contributed by atoms with E-state index in [9.17, 15) is 14.7 Å². The van der Waals surface area contributed by atoms with E-state index in [1.165, 1.54) is 16.2 Å². The van der Waals surface area contributed by atoms with Crippen molar-refractivity contribution in [3.63, 3.8) is 0 Å². The molecule has 2 aromatic heterocycles.